The fraction of sp³-hybridized carbons (Fsp3) is 0.750. The van der Waals surface area contributed by atoms with Gasteiger partial charge in [0.05, 0.1) is 12.7 Å². The van der Waals surface area contributed by atoms with Gasteiger partial charge in [-0.2, -0.15) is 0 Å². The van der Waals surface area contributed by atoms with Gasteiger partial charge in [0.1, 0.15) is 0 Å². The van der Waals surface area contributed by atoms with Crippen LogP contribution in [0.5, 0.6) is 0 Å². The van der Waals surface area contributed by atoms with Gasteiger partial charge < -0.3 is 10.1 Å². The zero-order chi connectivity index (χ0) is 13.6. The fourth-order valence-electron chi connectivity index (χ4n) is 2.63. The summed E-state index contributed by atoms with van der Waals surface area (Å²) in [6.45, 7) is 7.63. The van der Waals surface area contributed by atoms with Crippen LogP contribution in [-0.2, 0) is 11.2 Å². The molecule has 0 radical (unpaired) electrons. The van der Waals surface area contributed by atoms with Gasteiger partial charge in [0.15, 0.2) is 0 Å². The van der Waals surface area contributed by atoms with Crippen LogP contribution in [0.1, 0.15) is 44.4 Å². The fourth-order valence-corrected chi connectivity index (χ4v) is 3.34. The summed E-state index contributed by atoms with van der Waals surface area (Å²) in [5.74, 6) is 0. The Labute approximate surface area is 121 Å². The normalized spacial score (nSPS) is 19.7. The van der Waals surface area contributed by atoms with E-state index in [1.165, 1.54) is 30.6 Å². The summed E-state index contributed by atoms with van der Waals surface area (Å²) in [6, 6.07) is 4.32. The molecule has 1 aliphatic carbocycles. The number of hydrogen-bond donors (Lipinski definition) is 1. The van der Waals surface area contributed by atoms with Crippen LogP contribution in [0, 0.1) is 5.41 Å². The molecule has 1 saturated carbocycles. The van der Waals surface area contributed by atoms with Gasteiger partial charge in [0.2, 0.25) is 0 Å². The molecule has 0 aliphatic heterocycles. The van der Waals surface area contributed by atoms with Crippen LogP contribution in [0.15, 0.2) is 17.5 Å². The van der Waals surface area contributed by atoms with Crippen molar-refractivity contribution < 1.29 is 4.74 Å². The second-order valence-corrected chi connectivity index (χ2v) is 7.35. The quantitative estimate of drug-likeness (QED) is 0.766. The molecule has 0 spiro atoms. The lowest BCUT2D eigenvalue weighted by atomic mass is 9.76. The van der Waals surface area contributed by atoms with Gasteiger partial charge in [-0.15, -0.1) is 11.3 Å². The van der Waals surface area contributed by atoms with Crippen LogP contribution < -0.4 is 5.32 Å². The third kappa shape index (κ3) is 5.64. The molecule has 2 rings (SSSR count). The second kappa shape index (κ2) is 7.41. The van der Waals surface area contributed by atoms with Crippen molar-refractivity contribution in [1.29, 1.82) is 0 Å². The molecule has 0 amide bonds. The topological polar surface area (TPSA) is 21.3 Å². The molecule has 0 atom stereocenters. The first-order valence-electron chi connectivity index (χ1n) is 7.50. The minimum absolute atomic E-state index is 0.507. The van der Waals surface area contributed by atoms with E-state index in [9.17, 15) is 0 Å². The average Bonchev–Trinajstić information content (AvgIpc) is 2.88. The highest BCUT2D eigenvalue weighted by molar-refractivity contribution is 7.09. The maximum atomic E-state index is 5.95. The van der Waals surface area contributed by atoms with Crippen molar-refractivity contribution >= 4 is 11.3 Å². The van der Waals surface area contributed by atoms with Crippen LogP contribution in [-0.4, -0.2) is 25.8 Å². The Hall–Kier alpha value is -0.380. The van der Waals surface area contributed by atoms with E-state index in [2.05, 4.69) is 36.7 Å². The molecule has 1 aromatic rings. The highest BCUT2D eigenvalue weighted by Gasteiger charge is 2.26. The van der Waals surface area contributed by atoms with E-state index in [0.717, 1.165) is 26.1 Å². The molecule has 108 valence electrons. The zero-order valence-electron chi connectivity index (χ0n) is 12.3. The van der Waals surface area contributed by atoms with Crippen molar-refractivity contribution in [2.75, 3.05) is 19.7 Å². The molecule has 0 bridgehead atoms. The Morgan fingerprint density at radius 3 is 2.79 bits per heavy atom. The molecular weight excluding hydrogens is 254 g/mol. The van der Waals surface area contributed by atoms with Gasteiger partial charge in [0.25, 0.3) is 0 Å². The first kappa shape index (κ1) is 15.0. The van der Waals surface area contributed by atoms with Gasteiger partial charge in [-0.25, -0.2) is 0 Å². The molecule has 1 aliphatic rings. The molecule has 1 heterocycles. The molecule has 1 fully saturated rings. The van der Waals surface area contributed by atoms with E-state index in [1.54, 1.807) is 0 Å². The maximum Gasteiger partial charge on any atom is 0.0594 e. The standard InChI is InChI=1S/C16H27NOS/c1-16(2)8-5-14(6-9-16)18-12-11-17-10-7-15-4-3-13-19-15/h3-4,13-14,17H,5-12H2,1-2H3. The van der Waals surface area contributed by atoms with Gasteiger partial charge >= 0.3 is 0 Å². The van der Waals surface area contributed by atoms with Gasteiger partial charge in [-0.3, -0.25) is 0 Å². The van der Waals surface area contributed by atoms with Crippen LogP contribution in [0.2, 0.25) is 0 Å². The van der Waals surface area contributed by atoms with E-state index in [4.69, 9.17) is 4.74 Å². The van der Waals surface area contributed by atoms with Gasteiger partial charge in [0, 0.05) is 18.0 Å². The number of nitrogens with one attached hydrogen (secondary N) is 1. The lowest BCUT2D eigenvalue weighted by Gasteiger charge is -2.34. The minimum Gasteiger partial charge on any atom is -0.377 e. The van der Waals surface area contributed by atoms with Crippen molar-refractivity contribution in [2.24, 2.45) is 5.41 Å². The third-order valence-electron chi connectivity index (χ3n) is 4.05. The summed E-state index contributed by atoms with van der Waals surface area (Å²) in [6.07, 6.45) is 6.74. The summed E-state index contributed by atoms with van der Waals surface area (Å²) < 4.78 is 5.95. The van der Waals surface area contributed by atoms with Crippen LogP contribution in [0.25, 0.3) is 0 Å². The smallest absolute Gasteiger partial charge is 0.0594 e. The maximum absolute atomic E-state index is 5.95. The molecule has 0 aromatic carbocycles. The molecule has 0 saturated heterocycles. The third-order valence-corrected chi connectivity index (χ3v) is 4.98. The SMILES string of the molecule is CC1(C)CCC(OCCNCCc2cccs2)CC1. The molecular formula is C16H27NOS. The Balaban J connectivity index is 1.46. The molecule has 1 N–H and O–H groups in total. The van der Waals surface area contributed by atoms with E-state index in [1.807, 2.05) is 11.3 Å². The largest absolute Gasteiger partial charge is 0.377 e. The first-order valence-corrected chi connectivity index (χ1v) is 8.38. The van der Waals surface area contributed by atoms with Crippen LogP contribution in [0.3, 0.4) is 0 Å². The number of hydrogen-bond acceptors (Lipinski definition) is 3. The average molecular weight is 281 g/mol. The molecule has 0 unspecified atom stereocenters. The molecule has 2 nitrogen and oxygen atoms in total. The Morgan fingerprint density at radius 2 is 2.11 bits per heavy atom. The lowest BCUT2D eigenvalue weighted by Crippen LogP contribution is -2.29. The number of rotatable bonds is 7. The Bertz CT molecular complexity index is 338. The minimum atomic E-state index is 0.507. The molecule has 3 heteroatoms. The summed E-state index contributed by atoms with van der Waals surface area (Å²) >= 11 is 1.84. The van der Waals surface area contributed by atoms with E-state index in [-0.39, 0.29) is 0 Å². The van der Waals surface area contributed by atoms with E-state index in [0.29, 0.717) is 11.5 Å². The van der Waals surface area contributed by atoms with Crippen molar-refractivity contribution in [2.45, 2.75) is 52.1 Å². The van der Waals surface area contributed by atoms with E-state index >= 15 is 0 Å². The predicted molar refractivity (Wildman–Crippen MR) is 82.9 cm³/mol. The zero-order valence-corrected chi connectivity index (χ0v) is 13.1. The predicted octanol–water partition coefficient (Wildman–Crippen LogP) is 3.87. The van der Waals surface area contributed by atoms with E-state index < -0.39 is 0 Å². The first-order chi connectivity index (χ1) is 9.16. The van der Waals surface area contributed by atoms with Gasteiger partial charge in [-0.1, -0.05) is 19.9 Å². The Morgan fingerprint density at radius 1 is 1.32 bits per heavy atom. The van der Waals surface area contributed by atoms with Crippen LogP contribution >= 0.6 is 11.3 Å². The summed E-state index contributed by atoms with van der Waals surface area (Å²) in [4.78, 5) is 1.46. The van der Waals surface area contributed by atoms with Crippen molar-refractivity contribution in [3.05, 3.63) is 22.4 Å². The Kier molecular flexibility index (Phi) is 5.86. The van der Waals surface area contributed by atoms with Crippen molar-refractivity contribution in [1.82, 2.24) is 5.32 Å². The van der Waals surface area contributed by atoms with Gasteiger partial charge in [-0.05, 0) is 49.0 Å². The lowest BCUT2D eigenvalue weighted by molar-refractivity contribution is 0.00609. The monoisotopic (exact) mass is 281 g/mol. The number of thiophene rings is 1. The summed E-state index contributed by atoms with van der Waals surface area (Å²) in [7, 11) is 0. The summed E-state index contributed by atoms with van der Waals surface area (Å²) in [5, 5.41) is 5.60. The molecule has 19 heavy (non-hydrogen) atoms. The van der Waals surface area contributed by atoms with Crippen molar-refractivity contribution in [3.63, 3.8) is 0 Å². The highest BCUT2D eigenvalue weighted by atomic mass is 32.1. The molecule has 1 aromatic heterocycles. The summed E-state index contributed by atoms with van der Waals surface area (Å²) in [5.41, 5.74) is 0.540. The van der Waals surface area contributed by atoms with Crippen molar-refractivity contribution in [3.8, 4) is 0 Å². The van der Waals surface area contributed by atoms with Crippen LogP contribution in [0.4, 0.5) is 0 Å². The highest BCUT2D eigenvalue weighted by Crippen LogP contribution is 2.35. The second-order valence-electron chi connectivity index (χ2n) is 6.31. The number of ether oxygens (including phenoxy) is 1.